The van der Waals surface area contributed by atoms with Gasteiger partial charge in [-0.25, -0.2) is 0 Å². The summed E-state index contributed by atoms with van der Waals surface area (Å²) < 4.78 is 5.72. The van der Waals surface area contributed by atoms with Gasteiger partial charge in [0.15, 0.2) is 0 Å². The molecule has 2 aromatic carbocycles. The predicted octanol–water partition coefficient (Wildman–Crippen LogP) is 5.34. The number of hydrogen-bond acceptors (Lipinski definition) is 2. The van der Waals surface area contributed by atoms with Crippen LogP contribution in [0.1, 0.15) is 18.1 Å². The third kappa shape index (κ3) is 4.79. The van der Waals surface area contributed by atoms with E-state index < -0.39 is 0 Å². The van der Waals surface area contributed by atoms with Crippen LogP contribution in [-0.2, 0) is 13.2 Å². The highest BCUT2D eigenvalue weighted by Crippen LogP contribution is 2.28. The van der Waals surface area contributed by atoms with Crippen molar-refractivity contribution < 1.29 is 4.74 Å². The molecule has 0 bridgehead atoms. The van der Waals surface area contributed by atoms with Gasteiger partial charge in [0.2, 0.25) is 0 Å². The quantitative estimate of drug-likeness (QED) is 0.764. The van der Waals surface area contributed by atoms with Gasteiger partial charge in [0.05, 0.1) is 5.02 Å². The molecular weight excluding hydrogens is 329 g/mol. The van der Waals surface area contributed by atoms with E-state index in [1.807, 2.05) is 18.2 Å². The van der Waals surface area contributed by atoms with Crippen LogP contribution in [0.25, 0.3) is 0 Å². The van der Waals surface area contributed by atoms with E-state index in [1.54, 1.807) is 18.2 Å². The molecule has 0 aliphatic rings. The zero-order valence-electron chi connectivity index (χ0n) is 11.6. The lowest BCUT2D eigenvalue weighted by Crippen LogP contribution is -2.11. The van der Waals surface area contributed by atoms with Gasteiger partial charge in [-0.3, -0.25) is 0 Å². The predicted molar refractivity (Wildman–Crippen MR) is 89.6 cm³/mol. The van der Waals surface area contributed by atoms with Crippen molar-refractivity contribution in [2.24, 2.45) is 0 Å². The molecule has 0 radical (unpaired) electrons. The van der Waals surface area contributed by atoms with Crippen LogP contribution in [0.5, 0.6) is 5.75 Å². The molecule has 0 aromatic heterocycles. The first-order valence-electron chi connectivity index (χ1n) is 6.66. The van der Waals surface area contributed by atoms with Crippen molar-refractivity contribution in [2.75, 3.05) is 6.54 Å². The third-order valence-corrected chi connectivity index (χ3v) is 3.87. The second-order valence-corrected chi connectivity index (χ2v) is 5.82. The molecule has 112 valence electrons. The zero-order valence-corrected chi connectivity index (χ0v) is 13.9. The first kappa shape index (κ1) is 16.4. The molecule has 0 spiro atoms. The molecule has 0 fully saturated rings. The molecule has 0 saturated carbocycles. The molecule has 0 saturated heterocycles. The van der Waals surface area contributed by atoms with Gasteiger partial charge in [-0.2, -0.15) is 0 Å². The fraction of sp³-hybridized carbons (Fsp3) is 0.250. The molecule has 0 unspecified atom stereocenters. The molecule has 21 heavy (non-hydrogen) atoms. The lowest BCUT2D eigenvalue weighted by molar-refractivity contribution is 0.306. The Morgan fingerprint density at radius 1 is 1.00 bits per heavy atom. The molecule has 2 aromatic rings. The minimum absolute atomic E-state index is 0.325. The third-order valence-electron chi connectivity index (χ3n) is 2.97. The van der Waals surface area contributed by atoms with Crippen molar-refractivity contribution in [2.45, 2.75) is 20.1 Å². The van der Waals surface area contributed by atoms with Crippen molar-refractivity contribution in [1.29, 1.82) is 0 Å². The Morgan fingerprint density at radius 3 is 2.52 bits per heavy atom. The molecule has 0 heterocycles. The highest BCUT2D eigenvalue weighted by atomic mass is 35.5. The van der Waals surface area contributed by atoms with E-state index in [-0.39, 0.29) is 0 Å². The Morgan fingerprint density at radius 2 is 1.81 bits per heavy atom. The second-order valence-electron chi connectivity index (χ2n) is 4.57. The smallest absolute Gasteiger partial charge is 0.138 e. The van der Waals surface area contributed by atoms with Gasteiger partial charge in [-0.05, 0) is 42.4 Å². The minimum atomic E-state index is 0.325. The summed E-state index contributed by atoms with van der Waals surface area (Å²) in [5, 5.41) is 5.09. The summed E-state index contributed by atoms with van der Waals surface area (Å²) in [5.74, 6) is 0.632. The van der Waals surface area contributed by atoms with Gasteiger partial charge in [0, 0.05) is 22.2 Å². The van der Waals surface area contributed by atoms with E-state index in [0.29, 0.717) is 27.4 Å². The standard InChI is InChI=1S/C16H16Cl3NO/c1-2-20-9-11-3-6-16(15(19)7-11)21-10-12-8-13(17)4-5-14(12)18/h3-8,20H,2,9-10H2,1H3. The van der Waals surface area contributed by atoms with Gasteiger partial charge in [0.25, 0.3) is 0 Å². The fourth-order valence-corrected chi connectivity index (χ4v) is 2.47. The van der Waals surface area contributed by atoms with Gasteiger partial charge in [-0.15, -0.1) is 0 Å². The van der Waals surface area contributed by atoms with Crippen LogP contribution in [0, 0.1) is 0 Å². The van der Waals surface area contributed by atoms with Gasteiger partial charge < -0.3 is 10.1 Å². The maximum Gasteiger partial charge on any atom is 0.138 e. The van der Waals surface area contributed by atoms with E-state index in [9.17, 15) is 0 Å². The van der Waals surface area contributed by atoms with Gasteiger partial charge >= 0.3 is 0 Å². The fourth-order valence-electron chi connectivity index (χ4n) is 1.85. The lowest BCUT2D eigenvalue weighted by atomic mass is 10.2. The van der Waals surface area contributed by atoms with Crippen LogP contribution < -0.4 is 10.1 Å². The van der Waals surface area contributed by atoms with E-state index in [1.165, 1.54) is 0 Å². The maximum absolute atomic E-state index is 6.23. The van der Waals surface area contributed by atoms with Crippen molar-refractivity contribution in [1.82, 2.24) is 5.32 Å². The van der Waals surface area contributed by atoms with E-state index in [4.69, 9.17) is 39.5 Å². The average molecular weight is 345 g/mol. The molecule has 2 nitrogen and oxygen atoms in total. The van der Waals surface area contributed by atoms with Crippen molar-refractivity contribution in [3.8, 4) is 5.75 Å². The number of benzene rings is 2. The van der Waals surface area contributed by atoms with Crippen LogP contribution in [0.3, 0.4) is 0 Å². The first-order chi connectivity index (χ1) is 10.1. The van der Waals surface area contributed by atoms with E-state index in [0.717, 1.165) is 24.2 Å². The van der Waals surface area contributed by atoms with Crippen molar-refractivity contribution >= 4 is 34.8 Å². The number of ether oxygens (including phenoxy) is 1. The summed E-state index contributed by atoms with van der Waals surface area (Å²) >= 11 is 18.3. The van der Waals surface area contributed by atoms with E-state index in [2.05, 4.69) is 12.2 Å². The molecule has 0 aliphatic carbocycles. The number of hydrogen-bond donors (Lipinski definition) is 1. The molecule has 5 heteroatoms. The molecule has 1 N–H and O–H groups in total. The Hall–Kier alpha value is -0.930. The van der Waals surface area contributed by atoms with Crippen LogP contribution in [0.15, 0.2) is 36.4 Å². The van der Waals surface area contributed by atoms with E-state index >= 15 is 0 Å². The normalized spacial score (nSPS) is 10.7. The summed E-state index contributed by atoms with van der Waals surface area (Å²) in [6.07, 6.45) is 0. The Balaban J connectivity index is 2.04. The summed E-state index contributed by atoms with van der Waals surface area (Å²) in [6.45, 7) is 4.10. The summed E-state index contributed by atoms with van der Waals surface area (Å²) in [5.41, 5.74) is 1.95. The number of nitrogens with one attached hydrogen (secondary N) is 1. The van der Waals surface area contributed by atoms with Crippen molar-refractivity contribution in [3.63, 3.8) is 0 Å². The molecule has 0 aliphatic heterocycles. The Bertz CT molecular complexity index is 616. The van der Waals surface area contributed by atoms with Crippen LogP contribution in [0.4, 0.5) is 0 Å². The van der Waals surface area contributed by atoms with Gasteiger partial charge in [0.1, 0.15) is 12.4 Å². The monoisotopic (exact) mass is 343 g/mol. The maximum atomic E-state index is 6.23. The molecule has 2 rings (SSSR count). The summed E-state index contributed by atoms with van der Waals surface area (Å²) in [6, 6.07) is 11.0. The van der Waals surface area contributed by atoms with Crippen molar-refractivity contribution in [3.05, 3.63) is 62.6 Å². The topological polar surface area (TPSA) is 21.3 Å². The molecule has 0 amide bonds. The SMILES string of the molecule is CCNCc1ccc(OCc2cc(Cl)ccc2Cl)c(Cl)c1. The van der Waals surface area contributed by atoms with Gasteiger partial charge in [-0.1, -0.05) is 47.8 Å². The summed E-state index contributed by atoms with van der Waals surface area (Å²) in [4.78, 5) is 0. The minimum Gasteiger partial charge on any atom is -0.487 e. The van der Waals surface area contributed by atoms with Crippen LogP contribution in [0.2, 0.25) is 15.1 Å². The Labute approximate surface area is 140 Å². The van der Waals surface area contributed by atoms with Crippen LogP contribution in [-0.4, -0.2) is 6.54 Å². The molecule has 0 atom stereocenters. The average Bonchev–Trinajstić information content (AvgIpc) is 2.47. The Kier molecular flexibility index (Phi) is 6.19. The second kappa shape index (κ2) is 7.90. The highest BCUT2D eigenvalue weighted by molar-refractivity contribution is 6.33. The lowest BCUT2D eigenvalue weighted by Gasteiger charge is -2.11. The zero-order chi connectivity index (χ0) is 15.2. The molecular formula is C16H16Cl3NO. The van der Waals surface area contributed by atoms with Crippen LogP contribution >= 0.6 is 34.8 Å². The largest absolute Gasteiger partial charge is 0.487 e. The highest BCUT2D eigenvalue weighted by Gasteiger charge is 2.06. The first-order valence-corrected chi connectivity index (χ1v) is 7.79. The number of rotatable bonds is 6. The summed E-state index contributed by atoms with van der Waals surface area (Å²) in [7, 11) is 0. The number of halogens is 3.